The first kappa shape index (κ1) is 22.9. The Balaban J connectivity index is 1.51. The molecule has 1 atom stereocenters. The Morgan fingerprint density at radius 2 is 1.91 bits per heavy atom. The van der Waals surface area contributed by atoms with Gasteiger partial charge in [0.05, 0.1) is 18.1 Å². The summed E-state index contributed by atoms with van der Waals surface area (Å²) in [5.74, 6) is 1.80. The molecule has 1 saturated heterocycles. The number of phenolic OH excluding ortho intramolecular Hbond substituents is 1. The maximum absolute atomic E-state index is 13.4. The number of benzene rings is 2. The van der Waals surface area contributed by atoms with E-state index in [1.165, 1.54) is 0 Å². The molecule has 180 valence electrons. The molecule has 4 aromatic rings. The summed E-state index contributed by atoms with van der Waals surface area (Å²) in [5.41, 5.74) is 1.88. The predicted molar refractivity (Wildman–Crippen MR) is 133 cm³/mol. The minimum atomic E-state index is -0.275. The van der Waals surface area contributed by atoms with Crippen LogP contribution in [0.4, 0.5) is 0 Å². The van der Waals surface area contributed by atoms with E-state index < -0.39 is 0 Å². The molecule has 2 aromatic carbocycles. The molecule has 0 aliphatic carbocycles. The van der Waals surface area contributed by atoms with Crippen LogP contribution in [0.2, 0.25) is 0 Å². The van der Waals surface area contributed by atoms with Crippen LogP contribution < -0.4 is 14.9 Å². The molecule has 3 heterocycles. The van der Waals surface area contributed by atoms with Crippen molar-refractivity contribution >= 4 is 11.0 Å². The van der Waals surface area contributed by atoms with E-state index in [1.54, 1.807) is 56.6 Å². The molecule has 0 spiro atoms. The van der Waals surface area contributed by atoms with Crippen molar-refractivity contribution in [2.24, 2.45) is 0 Å². The Labute approximate surface area is 203 Å². The molecular formula is C28H28N2O5. The Morgan fingerprint density at radius 1 is 1.11 bits per heavy atom. The first-order valence-electron chi connectivity index (χ1n) is 11.8. The summed E-state index contributed by atoms with van der Waals surface area (Å²) in [6.07, 6.45) is 6.90. The second-order valence-corrected chi connectivity index (χ2v) is 8.80. The molecule has 35 heavy (non-hydrogen) atoms. The first-order chi connectivity index (χ1) is 17.0. The van der Waals surface area contributed by atoms with Crippen molar-refractivity contribution in [3.8, 4) is 23.0 Å². The number of aromatic nitrogens is 1. The molecule has 7 nitrogen and oxygen atoms in total. The zero-order chi connectivity index (χ0) is 24.4. The molecule has 0 radical (unpaired) electrons. The summed E-state index contributed by atoms with van der Waals surface area (Å²) >= 11 is 0. The number of pyridine rings is 1. The van der Waals surface area contributed by atoms with Crippen LogP contribution in [0, 0.1) is 6.92 Å². The van der Waals surface area contributed by atoms with Gasteiger partial charge >= 0.3 is 0 Å². The number of fused-ring (bicyclic) bond motifs is 1. The molecule has 0 amide bonds. The lowest BCUT2D eigenvalue weighted by Crippen LogP contribution is -2.33. The number of hydrogen-bond donors (Lipinski definition) is 1. The van der Waals surface area contributed by atoms with E-state index in [2.05, 4.69) is 16.0 Å². The summed E-state index contributed by atoms with van der Waals surface area (Å²) in [5, 5.41) is 11.2. The molecule has 0 unspecified atom stereocenters. The highest BCUT2D eigenvalue weighted by Crippen LogP contribution is 2.36. The predicted octanol–water partition coefficient (Wildman–Crippen LogP) is 5.73. The third kappa shape index (κ3) is 4.59. The number of aromatic hydroxyl groups is 1. The molecule has 7 heteroatoms. The number of rotatable bonds is 6. The van der Waals surface area contributed by atoms with Crippen LogP contribution in [-0.2, 0) is 6.54 Å². The average Bonchev–Trinajstić information content (AvgIpc) is 2.89. The van der Waals surface area contributed by atoms with E-state index >= 15 is 0 Å². The maximum atomic E-state index is 13.4. The number of methoxy groups -OCH3 is 1. The van der Waals surface area contributed by atoms with Gasteiger partial charge in [-0.25, -0.2) is 0 Å². The normalized spacial score (nSPS) is 16.3. The van der Waals surface area contributed by atoms with Gasteiger partial charge in [-0.05, 0) is 74.3 Å². The number of hydrogen-bond acceptors (Lipinski definition) is 7. The van der Waals surface area contributed by atoms with Gasteiger partial charge < -0.3 is 19.0 Å². The minimum absolute atomic E-state index is 0.111. The van der Waals surface area contributed by atoms with Crippen LogP contribution in [0.25, 0.3) is 11.0 Å². The number of likely N-dealkylation sites (tertiary alicyclic amines) is 1. The van der Waals surface area contributed by atoms with Crippen LogP contribution in [0.15, 0.2) is 70.1 Å². The second-order valence-electron chi connectivity index (χ2n) is 8.80. The SMILES string of the molecule is COc1ccc(Oc2c(C)oc3c(CN4CCCC[C@H]4c4cccnc4)c(O)ccc3c2=O)cc1. The highest BCUT2D eigenvalue weighted by Gasteiger charge is 2.27. The fraction of sp³-hybridized carbons (Fsp3) is 0.286. The summed E-state index contributed by atoms with van der Waals surface area (Å²) in [7, 11) is 1.59. The Kier molecular flexibility index (Phi) is 6.42. The van der Waals surface area contributed by atoms with Gasteiger partial charge in [-0.2, -0.15) is 0 Å². The van der Waals surface area contributed by atoms with Crippen LogP contribution in [0.1, 0.15) is 42.2 Å². The molecule has 0 bridgehead atoms. The zero-order valence-electron chi connectivity index (χ0n) is 19.9. The quantitative estimate of drug-likeness (QED) is 0.384. The summed E-state index contributed by atoms with van der Waals surface area (Å²) in [4.78, 5) is 20.0. The lowest BCUT2D eigenvalue weighted by molar-refractivity contribution is 0.139. The molecule has 1 fully saturated rings. The number of piperidine rings is 1. The Morgan fingerprint density at radius 3 is 2.66 bits per heavy atom. The standard InChI is InChI=1S/C28H28N2O5/c1-18-27(35-21-10-8-20(33-2)9-11-21)26(32)22-12-13-25(31)23(28(22)34-18)17-30-15-4-3-7-24(30)19-6-5-14-29-16-19/h5-6,8-14,16,24,31H,3-4,7,15,17H2,1-2H3/t24-/m0/s1. The van der Waals surface area contributed by atoms with Gasteiger partial charge in [-0.1, -0.05) is 12.5 Å². The fourth-order valence-electron chi connectivity index (χ4n) is 4.76. The first-order valence-corrected chi connectivity index (χ1v) is 11.8. The summed E-state index contributed by atoms with van der Waals surface area (Å²) < 4.78 is 17.2. The second kappa shape index (κ2) is 9.80. The number of ether oxygens (including phenoxy) is 2. The molecule has 1 N–H and O–H groups in total. The largest absolute Gasteiger partial charge is 0.507 e. The molecule has 5 rings (SSSR count). The highest BCUT2D eigenvalue weighted by molar-refractivity contribution is 5.83. The molecule has 0 saturated carbocycles. The van der Waals surface area contributed by atoms with Gasteiger partial charge in [-0.3, -0.25) is 14.7 Å². The van der Waals surface area contributed by atoms with Crippen LogP contribution in [0.5, 0.6) is 23.0 Å². The van der Waals surface area contributed by atoms with E-state index in [0.717, 1.165) is 31.4 Å². The fourth-order valence-corrected chi connectivity index (χ4v) is 4.76. The van der Waals surface area contributed by atoms with Crippen LogP contribution >= 0.6 is 0 Å². The Hall–Kier alpha value is -3.84. The van der Waals surface area contributed by atoms with Gasteiger partial charge in [0, 0.05) is 25.0 Å². The number of phenols is 1. The minimum Gasteiger partial charge on any atom is -0.507 e. The zero-order valence-corrected chi connectivity index (χ0v) is 19.9. The van der Waals surface area contributed by atoms with E-state index in [0.29, 0.717) is 40.3 Å². The van der Waals surface area contributed by atoms with Crippen molar-refractivity contribution in [3.63, 3.8) is 0 Å². The summed E-state index contributed by atoms with van der Waals surface area (Å²) in [6, 6.07) is 14.4. The third-order valence-electron chi connectivity index (χ3n) is 6.58. The van der Waals surface area contributed by atoms with Crippen molar-refractivity contribution < 1.29 is 19.0 Å². The average molecular weight is 473 g/mol. The number of nitrogens with zero attached hydrogens (tertiary/aromatic N) is 2. The lowest BCUT2D eigenvalue weighted by atomic mass is 9.95. The van der Waals surface area contributed by atoms with Gasteiger partial charge in [0.2, 0.25) is 11.2 Å². The molecule has 1 aliphatic heterocycles. The van der Waals surface area contributed by atoms with Crippen molar-refractivity contribution in [2.45, 2.75) is 38.8 Å². The van der Waals surface area contributed by atoms with E-state index in [4.69, 9.17) is 13.9 Å². The summed E-state index contributed by atoms with van der Waals surface area (Å²) in [6.45, 7) is 3.05. The van der Waals surface area contributed by atoms with Gasteiger partial charge in [0.1, 0.15) is 28.6 Å². The van der Waals surface area contributed by atoms with Crippen molar-refractivity contribution in [1.29, 1.82) is 0 Å². The van der Waals surface area contributed by atoms with Gasteiger partial charge in [0.15, 0.2) is 0 Å². The lowest BCUT2D eigenvalue weighted by Gasteiger charge is -2.36. The van der Waals surface area contributed by atoms with Gasteiger partial charge in [0.25, 0.3) is 0 Å². The van der Waals surface area contributed by atoms with Crippen molar-refractivity contribution in [3.05, 3.63) is 88.0 Å². The number of aryl methyl sites for hydroxylation is 1. The smallest absolute Gasteiger partial charge is 0.235 e. The van der Waals surface area contributed by atoms with Gasteiger partial charge in [-0.15, -0.1) is 0 Å². The van der Waals surface area contributed by atoms with E-state index in [9.17, 15) is 9.90 Å². The van der Waals surface area contributed by atoms with Crippen LogP contribution in [0.3, 0.4) is 0 Å². The third-order valence-corrected chi connectivity index (χ3v) is 6.58. The van der Waals surface area contributed by atoms with Crippen molar-refractivity contribution in [1.82, 2.24) is 9.88 Å². The molecule has 1 aliphatic rings. The highest BCUT2D eigenvalue weighted by atomic mass is 16.5. The van der Waals surface area contributed by atoms with E-state index in [1.807, 2.05) is 12.3 Å². The molecule has 2 aromatic heterocycles. The van der Waals surface area contributed by atoms with Crippen molar-refractivity contribution in [2.75, 3.05) is 13.7 Å². The Bertz CT molecular complexity index is 1380. The van der Waals surface area contributed by atoms with Crippen LogP contribution in [-0.4, -0.2) is 28.6 Å². The monoisotopic (exact) mass is 472 g/mol. The van der Waals surface area contributed by atoms with E-state index in [-0.39, 0.29) is 23.0 Å². The molecular weight excluding hydrogens is 444 g/mol. The topological polar surface area (TPSA) is 85.0 Å². The maximum Gasteiger partial charge on any atom is 0.235 e.